The van der Waals surface area contributed by atoms with Gasteiger partial charge in [-0.25, -0.2) is 5.43 Å². The van der Waals surface area contributed by atoms with E-state index in [0.29, 0.717) is 10.6 Å². The van der Waals surface area contributed by atoms with Crippen molar-refractivity contribution in [3.63, 3.8) is 0 Å². The number of nitrogens with zero attached hydrogens (tertiary/aromatic N) is 1. The van der Waals surface area contributed by atoms with E-state index in [2.05, 4.69) is 10.5 Å². The third-order valence-electron chi connectivity index (χ3n) is 3.17. The van der Waals surface area contributed by atoms with Crippen LogP contribution in [0.2, 0.25) is 5.02 Å². The van der Waals surface area contributed by atoms with E-state index in [1.807, 2.05) is 38.1 Å². The Bertz CT molecular complexity index is 727. The first-order valence-corrected chi connectivity index (χ1v) is 7.13. The number of nitrogens with one attached hydrogen (secondary N) is 1. The van der Waals surface area contributed by atoms with Crippen molar-refractivity contribution in [1.29, 1.82) is 0 Å². The minimum absolute atomic E-state index is 0.341. The van der Waals surface area contributed by atoms with Gasteiger partial charge in [0, 0.05) is 0 Å². The molecule has 0 aliphatic carbocycles. The number of carbonyl (C=O) groups is 1. The van der Waals surface area contributed by atoms with Crippen molar-refractivity contribution in [3.05, 3.63) is 63.7 Å². The molecule has 0 unspecified atom stereocenters. The van der Waals surface area contributed by atoms with Crippen LogP contribution in [0, 0.1) is 13.8 Å². The average molecular weight is 317 g/mol. The molecule has 114 valence electrons. The number of carbonyl (C=O) groups excluding carboxylic acids is 1. The van der Waals surface area contributed by atoms with Crippen LogP contribution in [-0.4, -0.2) is 19.2 Å². The second-order valence-corrected chi connectivity index (χ2v) is 5.32. The number of aryl methyl sites for hydroxylation is 2. The molecule has 1 amide bonds. The monoisotopic (exact) mass is 316 g/mol. The molecular formula is C17H17ClN2O2. The Kier molecular flexibility index (Phi) is 5.17. The van der Waals surface area contributed by atoms with E-state index in [9.17, 15) is 4.79 Å². The van der Waals surface area contributed by atoms with Gasteiger partial charge >= 0.3 is 0 Å². The topological polar surface area (TPSA) is 50.7 Å². The number of amides is 1. The summed E-state index contributed by atoms with van der Waals surface area (Å²) in [4.78, 5) is 12.0. The first kappa shape index (κ1) is 16.0. The molecule has 0 spiro atoms. The second-order valence-electron chi connectivity index (χ2n) is 4.91. The largest absolute Gasteiger partial charge is 0.496 e. The lowest BCUT2D eigenvalue weighted by atomic mass is 10.1. The molecule has 0 atom stereocenters. The molecule has 0 bridgehead atoms. The van der Waals surface area contributed by atoms with Gasteiger partial charge in [0.2, 0.25) is 0 Å². The molecule has 0 aliphatic heterocycles. The SMILES string of the molecule is COc1ccc(/C=N\NC(=O)c2ccc(C)cc2Cl)cc1C. The van der Waals surface area contributed by atoms with Gasteiger partial charge in [0.05, 0.1) is 23.9 Å². The fourth-order valence-corrected chi connectivity index (χ4v) is 2.33. The Labute approximate surface area is 134 Å². The van der Waals surface area contributed by atoms with Crippen molar-refractivity contribution >= 4 is 23.7 Å². The number of benzene rings is 2. The number of hydrogen-bond acceptors (Lipinski definition) is 3. The van der Waals surface area contributed by atoms with Crippen molar-refractivity contribution in [2.24, 2.45) is 5.10 Å². The molecular weight excluding hydrogens is 300 g/mol. The Hall–Kier alpha value is -2.33. The Morgan fingerprint density at radius 1 is 1.23 bits per heavy atom. The van der Waals surface area contributed by atoms with Gasteiger partial charge < -0.3 is 4.74 Å². The zero-order valence-corrected chi connectivity index (χ0v) is 13.4. The first-order valence-electron chi connectivity index (χ1n) is 6.75. The van der Waals surface area contributed by atoms with E-state index in [4.69, 9.17) is 16.3 Å². The highest BCUT2D eigenvalue weighted by Crippen LogP contribution is 2.18. The highest BCUT2D eigenvalue weighted by atomic mass is 35.5. The molecule has 5 heteroatoms. The number of methoxy groups -OCH3 is 1. The van der Waals surface area contributed by atoms with Crippen LogP contribution in [-0.2, 0) is 0 Å². The normalized spacial score (nSPS) is 10.7. The number of hydrogen-bond donors (Lipinski definition) is 1. The maximum Gasteiger partial charge on any atom is 0.272 e. The number of halogens is 1. The second kappa shape index (κ2) is 7.09. The highest BCUT2D eigenvalue weighted by Gasteiger charge is 2.09. The predicted octanol–water partition coefficient (Wildman–Crippen LogP) is 3.73. The first-order chi connectivity index (χ1) is 10.5. The molecule has 0 fully saturated rings. The minimum Gasteiger partial charge on any atom is -0.496 e. The van der Waals surface area contributed by atoms with Gasteiger partial charge in [-0.15, -0.1) is 0 Å². The Morgan fingerprint density at radius 2 is 2.00 bits per heavy atom. The number of ether oxygens (including phenoxy) is 1. The molecule has 2 aromatic rings. The van der Waals surface area contributed by atoms with Crippen molar-refractivity contribution in [1.82, 2.24) is 5.43 Å². The quantitative estimate of drug-likeness (QED) is 0.690. The number of hydrazone groups is 1. The van der Waals surface area contributed by atoms with Gasteiger partial charge in [0.1, 0.15) is 5.75 Å². The minimum atomic E-state index is -0.341. The maximum atomic E-state index is 12.0. The summed E-state index contributed by atoms with van der Waals surface area (Å²) in [6, 6.07) is 10.9. The van der Waals surface area contributed by atoms with Gasteiger partial charge in [0.25, 0.3) is 5.91 Å². The third-order valence-corrected chi connectivity index (χ3v) is 3.48. The molecule has 2 rings (SSSR count). The molecule has 22 heavy (non-hydrogen) atoms. The van der Waals surface area contributed by atoms with Gasteiger partial charge in [-0.2, -0.15) is 5.10 Å². The predicted molar refractivity (Wildman–Crippen MR) is 89.0 cm³/mol. The summed E-state index contributed by atoms with van der Waals surface area (Å²) in [5.74, 6) is 0.471. The van der Waals surface area contributed by atoms with Crippen LogP contribution in [0.5, 0.6) is 5.75 Å². The Balaban J connectivity index is 2.05. The van der Waals surface area contributed by atoms with Gasteiger partial charge in [-0.3, -0.25) is 4.79 Å². The summed E-state index contributed by atoms with van der Waals surface area (Å²) in [6.07, 6.45) is 1.58. The van der Waals surface area contributed by atoms with Crippen LogP contribution in [0.4, 0.5) is 0 Å². The highest BCUT2D eigenvalue weighted by molar-refractivity contribution is 6.33. The van der Waals surface area contributed by atoms with Crippen LogP contribution in [0.1, 0.15) is 27.0 Å². The summed E-state index contributed by atoms with van der Waals surface area (Å²) in [5.41, 5.74) is 5.74. The van der Waals surface area contributed by atoms with Crippen molar-refractivity contribution < 1.29 is 9.53 Å². The van der Waals surface area contributed by atoms with Gasteiger partial charge in [-0.1, -0.05) is 17.7 Å². The summed E-state index contributed by atoms with van der Waals surface area (Å²) >= 11 is 6.05. The van der Waals surface area contributed by atoms with E-state index in [0.717, 1.165) is 22.4 Å². The molecule has 2 aromatic carbocycles. The lowest BCUT2D eigenvalue weighted by molar-refractivity contribution is 0.0955. The van der Waals surface area contributed by atoms with Crippen LogP contribution < -0.4 is 10.2 Å². The zero-order chi connectivity index (χ0) is 16.1. The molecule has 0 aromatic heterocycles. The molecule has 0 saturated heterocycles. The lowest BCUT2D eigenvalue weighted by Gasteiger charge is -2.05. The van der Waals surface area contributed by atoms with E-state index < -0.39 is 0 Å². The van der Waals surface area contributed by atoms with Crippen LogP contribution in [0.3, 0.4) is 0 Å². The fraction of sp³-hybridized carbons (Fsp3) is 0.176. The molecule has 0 radical (unpaired) electrons. The van der Waals surface area contributed by atoms with E-state index in [1.165, 1.54) is 0 Å². The molecule has 0 saturated carbocycles. The van der Waals surface area contributed by atoms with E-state index >= 15 is 0 Å². The molecule has 4 nitrogen and oxygen atoms in total. The summed E-state index contributed by atoms with van der Waals surface area (Å²) in [7, 11) is 1.63. The van der Waals surface area contributed by atoms with Crippen LogP contribution in [0.15, 0.2) is 41.5 Å². The summed E-state index contributed by atoms with van der Waals surface area (Å²) in [6.45, 7) is 3.86. The smallest absolute Gasteiger partial charge is 0.272 e. The third kappa shape index (κ3) is 3.86. The van der Waals surface area contributed by atoms with E-state index in [-0.39, 0.29) is 5.91 Å². The molecule has 0 aliphatic rings. The van der Waals surface area contributed by atoms with Gasteiger partial charge in [-0.05, 0) is 60.9 Å². The summed E-state index contributed by atoms with van der Waals surface area (Å²) in [5, 5.41) is 4.36. The maximum absolute atomic E-state index is 12.0. The molecule has 1 N–H and O–H groups in total. The van der Waals surface area contributed by atoms with Crippen molar-refractivity contribution in [3.8, 4) is 5.75 Å². The van der Waals surface area contributed by atoms with Crippen LogP contribution in [0.25, 0.3) is 0 Å². The van der Waals surface area contributed by atoms with Crippen LogP contribution >= 0.6 is 11.6 Å². The Morgan fingerprint density at radius 3 is 2.64 bits per heavy atom. The van der Waals surface area contributed by atoms with Gasteiger partial charge in [0.15, 0.2) is 0 Å². The fourth-order valence-electron chi connectivity index (χ4n) is 2.01. The zero-order valence-electron chi connectivity index (χ0n) is 12.7. The standard InChI is InChI=1S/C17H17ClN2O2/c1-11-4-6-14(15(18)8-11)17(21)20-19-10-13-5-7-16(22-3)12(2)9-13/h4-10H,1-3H3,(H,20,21)/b19-10-. The number of rotatable bonds is 4. The molecule has 0 heterocycles. The van der Waals surface area contributed by atoms with Crippen molar-refractivity contribution in [2.45, 2.75) is 13.8 Å². The van der Waals surface area contributed by atoms with Crippen molar-refractivity contribution in [2.75, 3.05) is 7.11 Å². The average Bonchev–Trinajstić information content (AvgIpc) is 2.47. The van der Waals surface area contributed by atoms with E-state index in [1.54, 1.807) is 25.5 Å². The lowest BCUT2D eigenvalue weighted by Crippen LogP contribution is -2.18. The summed E-state index contributed by atoms with van der Waals surface area (Å²) < 4.78 is 5.19.